The Morgan fingerprint density at radius 1 is 1.03 bits per heavy atom. The van der Waals surface area contributed by atoms with Crippen molar-refractivity contribution in [1.82, 2.24) is 10.0 Å². The number of carbonyl (C=O) groups is 3. The number of rotatable bonds is 11. The van der Waals surface area contributed by atoms with Gasteiger partial charge in [-0.05, 0) is 53.8 Å². The third-order valence-electron chi connectivity index (χ3n) is 5.77. The van der Waals surface area contributed by atoms with Gasteiger partial charge in [0.1, 0.15) is 11.7 Å². The predicted molar refractivity (Wildman–Crippen MR) is 150 cm³/mol. The average Bonchev–Trinajstić information content (AvgIpc) is 2.85. The standard InChI is InChI=1S/C27H27ClFN3O5S2/c1-16(33)32-39(36,37)25-8-3-2-7-22(25)18-9-10-19(24(29)14-18)13-23(26(30)34)27(35)31-15-21(38)12-17-5-4-6-20(28)11-17/h2-11,14,21,23,38H,12-13,15H2,1H3,(H2,30,34)(H,31,35)(H,32,33)/t21-,23?/m0/s1. The molecule has 0 fully saturated rings. The summed E-state index contributed by atoms with van der Waals surface area (Å²) >= 11 is 10.5. The van der Waals surface area contributed by atoms with Gasteiger partial charge in [0.2, 0.25) is 17.7 Å². The summed E-state index contributed by atoms with van der Waals surface area (Å²) in [4.78, 5) is 36.0. The number of hydrogen-bond acceptors (Lipinski definition) is 6. The van der Waals surface area contributed by atoms with Gasteiger partial charge in [0.25, 0.3) is 10.0 Å². The SMILES string of the molecule is CC(=O)NS(=O)(=O)c1ccccc1-c1ccc(CC(C(N)=O)C(=O)NC[C@@H](S)Cc2cccc(Cl)c2)c(F)c1. The third-order valence-corrected chi connectivity index (χ3v) is 7.87. The van der Waals surface area contributed by atoms with Crippen LogP contribution in [0.1, 0.15) is 18.1 Å². The molecule has 2 atom stereocenters. The normalized spacial score (nSPS) is 12.8. The van der Waals surface area contributed by atoms with E-state index >= 15 is 4.39 Å². The highest BCUT2D eigenvalue weighted by Crippen LogP contribution is 2.29. The second-order valence-corrected chi connectivity index (χ2v) is 11.7. The number of thiol groups is 1. The van der Waals surface area contributed by atoms with Gasteiger partial charge in [-0.3, -0.25) is 14.4 Å². The Bertz CT molecular complexity index is 1500. The van der Waals surface area contributed by atoms with Crippen molar-refractivity contribution in [3.05, 3.63) is 88.7 Å². The number of carbonyl (C=O) groups excluding carboxylic acids is 3. The molecule has 0 spiro atoms. The first kappa shape index (κ1) is 30.1. The molecular formula is C27H27ClFN3O5S2. The van der Waals surface area contributed by atoms with E-state index in [9.17, 15) is 22.8 Å². The summed E-state index contributed by atoms with van der Waals surface area (Å²) in [7, 11) is -4.19. The molecule has 4 N–H and O–H groups in total. The van der Waals surface area contributed by atoms with E-state index in [1.165, 1.54) is 30.3 Å². The molecule has 0 aliphatic heterocycles. The summed E-state index contributed by atoms with van der Waals surface area (Å²) in [6.07, 6.45) is 0.213. The summed E-state index contributed by atoms with van der Waals surface area (Å²) in [6.45, 7) is 1.20. The Labute approximate surface area is 236 Å². The largest absolute Gasteiger partial charge is 0.369 e. The van der Waals surface area contributed by atoms with Crippen LogP contribution in [0.25, 0.3) is 11.1 Å². The van der Waals surface area contributed by atoms with E-state index in [-0.39, 0.29) is 39.8 Å². The van der Waals surface area contributed by atoms with Crippen LogP contribution >= 0.6 is 24.2 Å². The number of benzene rings is 3. The monoisotopic (exact) mass is 591 g/mol. The Morgan fingerprint density at radius 3 is 2.38 bits per heavy atom. The highest BCUT2D eigenvalue weighted by Gasteiger charge is 2.27. The highest BCUT2D eigenvalue weighted by atomic mass is 35.5. The van der Waals surface area contributed by atoms with E-state index in [2.05, 4.69) is 17.9 Å². The van der Waals surface area contributed by atoms with Gasteiger partial charge in [-0.2, -0.15) is 12.6 Å². The van der Waals surface area contributed by atoms with Crippen LogP contribution in [-0.4, -0.2) is 37.9 Å². The maximum absolute atomic E-state index is 15.1. The second kappa shape index (κ2) is 13.1. The van der Waals surface area contributed by atoms with Gasteiger partial charge < -0.3 is 11.1 Å². The van der Waals surface area contributed by atoms with Gasteiger partial charge in [0.15, 0.2) is 0 Å². The first-order valence-corrected chi connectivity index (χ1v) is 14.2. The zero-order valence-corrected chi connectivity index (χ0v) is 23.3. The molecule has 3 aromatic carbocycles. The first-order valence-electron chi connectivity index (χ1n) is 11.8. The molecule has 3 amide bonds. The zero-order chi connectivity index (χ0) is 28.7. The first-order chi connectivity index (χ1) is 18.4. The fraction of sp³-hybridized carbons (Fsp3) is 0.222. The summed E-state index contributed by atoms with van der Waals surface area (Å²) in [5, 5.41) is 2.95. The van der Waals surface area contributed by atoms with Crippen LogP contribution in [0, 0.1) is 11.7 Å². The number of nitrogens with two attached hydrogens (primary N) is 1. The maximum atomic E-state index is 15.1. The van der Waals surface area contributed by atoms with Crippen LogP contribution in [0.2, 0.25) is 5.02 Å². The molecule has 0 bridgehead atoms. The summed E-state index contributed by atoms with van der Waals surface area (Å²) in [5.74, 6) is -4.46. The van der Waals surface area contributed by atoms with Gasteiger partial charge in [-0.15, -0.1) is 0 Å². The minimum Gasteiger partial charge on any atom is -0.369 e. The molecule has 0 heterocycles. The van der Waals surface area contributed by atoms with Gasteiger partial charge in [-0.1, -0.05) is 54.1 Å². The Hall–Kier alpha value is -3.41. The van der Waals surface area contributed by atoms with Crippen LogP contribution < -0.4 is 15.8 Å². The molecule has 0 saturated heterocycles. The summed E-state index contributed by atoms with van der Waals surface area (Å²) < 4.78 is 42.2. The smallest absolute Gasteiger partial charge is 0.264 e. The van der Waals surface area contributed by atoms with E-state index in [1.807, 2.05) is 10.8 Å². The van der Waals surface area contributed by atoms with Crippen molar-refractivity contribution in [1.29, 1.82) is 0 Å². The lowest BCUT2D eigenvalue weighted by Gasteiger charge is -2.17. The molecule has 8 nitrogen and oxygen atoms in total. The molecule has 3 aromatic rings. The molecule has 12 heteroatoms. The van der Waals surface area contributed by atoms with Crippen molar-refractivity contribution in [2.45, 2.75) is 29.9 Å². The van der Waals surface area contributed by atoms with Crippen LogP contribution in [0.15, 0.2) is 71.6 Å². The molecular weight excluding hydrogens is 565 g/mol. The van der Waals surface area contributed by atoms with E-state index < -0.39 is 39.5 Å². The topological polar surface area (TPSA) is 135 Å². The van der Waals surface area contributed by atoms with Gasteiger partial charge >= 0.3 is 0 Å². The van der Waals surface area contributed by atoms with Crippen LogP contribution in [0.4, 0.5) is 4.39 Å². The van der Waals surface area contributed by atoms with Crippen molar-refractivity contribution in [3.63, 3.8) is 0 Å². The Morgan fingerprint density at radius 2 is 1.74 bits per heavy atom. The van der Waals surface area contributed by atoms with Crippen molar-refractivity contribution in [2.24, 2.45) is 11.7 Å². The van der Waals surface area contributed by atoms with Crippen LogP contribution in [0.3, 0.4) is 0 Å². The minimum atomic E-state index is -4.19. The molecule has 0 aliphatic carbocycles. The van der Waals surface area contributed by atoms with Crippen molar-refractivity contribution >= 4 is 52.0 Å². The predicted octanol–water partition coefficient (Wildman–Crippen LogP) is 3.27. The fourth-order valence-electron chi connectivity index (χ4n) is 3.96. The molecule has 0 aliphatic rings. The lowest BCUT2D eigenvalue weighted by Crippen LogP contribution is -2.42. The van der Waals surface area contributed by atoms with E-state index in [4.69, 9.17) is 17.3 Å². The Kier molecular flexibility index (Phi) is 10.1. The molecule has 1 unspecified atom stereocenters. The molecule has 0 aromatic heterocycles. The second-order valence-electron chi connectivity index (χ2n) is 8.86. The molecule has 0 radical (unpaired) electrons. The van der Waals surface area contributed by atoms with Crippen molar-refractivity contribution < 1.29 is 27.2 Å². The quantitative estimate of drug-likeness (QED) is 0.200. The van der Waals surface area contributed by atoms with Crippen molar-refractivity contribution in [2.75, 3.05) is 6.54 Å². The summed E-state index contributed by atoms with van der Waals surface area (Å²) in [6, 6.07) is 17.0. The van der Waals surface area contributed by atoms with E-state index in [0.29, 0.717) is 11.4 Å². The highest BCUT2D eigenvalue weighted by molar-refractivity contribution is 7.90. The maximum Gasteiger partial charge on any atom is 0.264 e. The molecule has 39 heavy (non-hydrogen) atoms. The lowest BCUT2D eigenvalue weighted by atomic mass is 9.95. The lowest BCUT2D eigenvalue weighted by molar-refractivity contribution is -0.133. The minimum absolute atomic E-state index is 0.0428. The van der Waals surface area contributed by atoms with Crippen LogP contribution in [-0.2, 0) is 37.2 Å². The number of halogens is 2. The van der Waals surface area contributed by atoms with Crippen LogP contribution in [0.5, 0.6) is 0 Å². The molecule has 3 rings (SSSR count). The van der Waals surface area contributed by atoms with Crippen molar-refractivity contribution in [3.8, 4) is 11.1 Å². The molecule has 206 valence electrons. The number of amides is 3. The number of hydrogen-bond donors (Lipinski definition) is 4. The van der Waals surface area contributed by atoms with E-state index in [1.54, 1.807) is 24.3 Å². The number of nitrogens with one attached hydrogen (secondary N) is 2. The van der Waals surface area contributed by atoms with Gasteiger partial charge in [0, 0.05) is 29.3 Å². The number of primary amides is 1. The Balaban J connectivity index is 1.74. The zero-order valence-electron chi connectivity index (χ0n) is 20.9. The number of sulfonamides is 1. The summed E-state index contributed by atoms with van der Waals surface area (Å²) in [5.41, 5.74) is 6.81. The fourth-order valence-corrected chi connectivity index (χ4v) is 5.69. The molecule has 0 saturated carbocycles. The third kappa shape index (κ3) is 8.29. The van der Waals surface area contributed by atoms with E-state index in [0.717, 1.165) is 18.6 Å². The average molecular weight is 592 g/mol. The van der Waals surface area contributed by atoms with Gasteiger partial charge in [-0.25, -0.2) is 17.5 Å². The van der Waals surface area contributed by atoms with Gasteiger partial charge in [0.05, 0.1) is 4.90 Å².